The predicted octanol–water partition coefficient (Wildman–Crippen LogP) is 7.61. The summed E-state index contributed by atoms with van der Waals surface area (Å²) >= 11 is 0. The summed E-state index contributed by atoms with van der Waals surface area (Å²) < 4.78 is 16.4. The lowest BCUT2D eigenvalue weighted by Gasteiger charge is -2.15. The Morgan fingerprint density at radius 2 is 1.56 bits per heavy atom. The minimum absolute atomic E-state index is 0.0557. The molecule has 5 aromatic rings. The third-order valence-corrected chi connectivity index (χ3v) is 7.78. The number of nitrogens with zero attached hydrogens (tertiary/aromatic N) is 2. The fourth-order valence-corrected chi connectivity index (χ4v) is 5.30. The molecule has 1 aliphatic carbocycles. The number of carbonyl (C=O) groups excluding carboxylic acids is 1. The molecule has 0 unspecified atom stereocenters. The van der Waals surface area contributed by atoms with E-state index in [0.717, 1.165) is 57.9 Å². The maximum Gasteiger partial charge on any atom is 0.306 e. The van der Waals surface area contributed by atoms with Crippen LogP contribution in [0, 0.1) is 6.92 Å². The van der Waals surface area contributed by atoms with Crippen molar-refractivity contribution in [3.8, 4) is 33.7 Å². The number of aryl methyl sites for hydroxylation is 1. The van der Waals surface area contributed by atoms with E-state index in [0.29, 0.717) is 31.8 Å². The van der Waals surface area contributed by atoms with E-state index < -0.39 is 0 Å². The van der Waals surface area contributed by atoms with Crippen LogP contribution in [0.1, 0.15) is 43.2 Å². The molecule has 41 heavy (non-hydrogen) atoms. The van der Waals surface area contributed by atoms with Crippen molar-refractivity contribution in [1.82, 2.24) is 10.3 Å². The fraction of sp³-hybridized carbons (Fsp3) is 0.265. The average molecular weight is 548 g/mol. The topological polar surface area (TPSA) is 90.4 Å². The van der Waals surface area contributed by atoms with Crippen LogP contribution in [-0.2, 0) is 21.4 Å². The zero-order valence-electron chi connectivity index (χ0n) is 23.4. The Morgan fingerprint density at radius 1 is 0.878 bits per heavy atom. The Morgan fingerprint density at radius 3 is 2.24 bits per heavy atom. The molecule has 0 atom stereocenters. The van der Waals surface area contributed by atoms with E-state index in [4.69, 9.17) is 13.8 Å². The molecule has 1 fully saturated rings. The van der Waals surface area contributed by atoms with Gasteiger partial charge in [-0.05, 0) is 43.4 Å². The number of rotatable bonds is 11. The van der Waals surface area contributed by atoms with E-state index in [1.54, 1.807) is 0 Å². The molecule has 2 aromatic heterocycles. The zero-order valence-corrected chi connectivity index (χ0v) is 23.4. The molecule has 0 aliphatic heterocycles. The summed E-state index contributed by atoms with van der Waals surface area (Å²) in [6.07, 6.45) is 3.19. The third kappa shape index (κ3) is 5.80. The Bertz CT molecular complexity index is 1620. The molecule has 1 aliphatic rings. The lowest BCUT2D eigenvalue weighted by molar-refractivity contribution is -0.143. The molecule has 1 N–H and O–H groups in total. The summed E-state index contributed by atoms with van der Waals surface area (Å²) in [5.74, 6) is 1.41. The second-order valence-electron chi connectivity index (χ2n) is 10.6. The first-order valence-electron chi connectivity index (χ1n) is 14.1. The molecule has 208 valence electrons. The fourth-order valence-electron chi connectivity index (χ4n) is 5.30. The molecular weight excluding hydrogens is 514 g/mol. The highest BCUT2D eigenvalue weighted by atomic mass is 16.5. The summed E-state index contributed by atoms with van der Waals surface area (Å²) in [7, 11) is 0. The highest BCUT2D eigenvalue weighted by Gasteiger charge is 2.46. The van der Waals surface area contributed by atoms with Gasteiger partial charge in [0.2, 0.25) is 0 Å². The number of hydrogen-bond donors (Lipinski definition) is 1. The standard InChI is InChI=1S/C34H33N3O4/c1-3-39-31(38)22-34(18-19-34)28-15-13-25(14-16-28)24-9-11-27(12-10-24)33-32(23(2)36-41-33)35-20-17-29-21-30(37-40-29)26-7-5-4-6-8-26/h4-16,21,35H,3,17-20,22H2,1-2H3. The van der Waals surface area contributed by atoms with Gasteiger partial charge in [-0.3, -0.25) is 4.79 Å². The molecular formula is C34H33N3O4. The molecule has 0 radical (unpaired) electrons. The largest absolute Gasteiger partial charge is 0.466 e. The van der Waals surface area contributed by atoms with Crippen LogP contribution >= 0.6 is 0 Å². The molecule has 1 saturated carbocycles. The van der Waals surface area contributed by atoms with E-state index in [2.05, 4.69) is 64.2 Å². The first-order chi connectivity index (χ1) is 20.0. The first-order valence-corrected chi connectivity index (χ1v) is 14.1. The Balaban J connectivity index is 1.10. The van der Waals surface area contributed by atoms with Crippen LogP contribution in [0.15, 0.2) is 94.0 Å². The summed E-state index contributed by atoms with van der Waals surface area (Å²) in [5, 5.41) is 11.9. The van der Waals surface area contributed by atoms with Gasteiger partial charge in [-0.25, -0.2) is 0 Å². The van der Waals surface area contributed by atoms with Crippen molar-refractivity contribution >= 4 is 11.7 Å². The SMILES string of the molecule is CCOC(=O)CC1(c2ccc(-c3ccc(-c4onc(C)c4NCCc4cc(-c5ccccc5)no4)cc3)cc2)CC1. The molecule has 0 bridgehead atoms. The van der Waals surface area contributed by atoms with E-state index >= 15 is 0 Å². The van der Waals surface area contributed by atoms with Crippen LogP contribution in [0.4, 0.5) is 5.69 Å². The van der Waals surface area contributed by atoms with Gasteiger partial charge in [0.15, 0.2) is 5.76 Å². The van der Waals surface area contributed by atoms with E-state index in [1.165, 1.54) is 5.56 Å². The Hall–Kier alpha value is -4.65. The highest BCUT2D eigenvalue weighted by molar-refractivity contribution is 5.77. The van der Waals surface area contributed by atoms with E-state index in [9.17, 15) is 4.79 Å². The summed E-state index contributed by atoms with van der Waals surface area (Å²) in [5.41, 5.74) is 7.89. The van der Waals surface area contributed by atoms with Crippen LogP contribution in [-0.4, -0.2) is 29.4 Å². The number of nitrogens with one attached hydrogen (secondary N) is 1. The van der Waals surface area contributed by atoms with Crippen LogP contribution in [0.3, 0.4) is 0 Å². The molecule has 0 amide bonds. The van der Waals surface area contributed by atoms with Gasteiger partial charge in [-0.2, -0.15) is 0 Å². The monoisotopic (exact) mass is 547 g/mol. The summed E-state index contributed by atoms with van der Waals surface area (Å²) in [4.78, 5) is 12.1. The molecule has 7 nitrogen and oxygen atoms in total. The molecule has 0 spiro atoms. The highest BCUT2D eigenvalue weighted by Crippen LogP contribution is 2.51. The van der Waals surface area contributed by atoms with Gasteiger partial charge in [0, 0.05) is 35.6 Å². The van der Waals surface area contributed by atoms with Crippen LogP contribution in [0.2, 0.25) is 0 Å². The number of esters is 1. The maximum absolute atomic E-state index is 12.1. The van der Waals surface area contributed by atoms with Crippen molar-refractivity contribution < 1.29 is 18.6 Å². The number of carbonyl (C=O) groups is 1. The number of aromatic nitrogens is 2. The molecule has 2 heterocycles. The number of ether oxygens (including phenoxy) is 1. The minimum atomic E-state index is -0.114. The maximum atomic E-state index is 12.1. The van der Waals surface area contributed by atoms with Gasteiger partial charge in [0.05, 0.1) is 13.0 Å². The molecule has 6 rings (SSSR count). The van der Waals surface area contributed by atoms with Crippen molar-refractivity contribution in [2.75, 3.05) is 18.5 Å². The number of anilines is 1. The van der Waals surface area contributed by atoms with Gasteiger partial charge >= 0.3 is 5.97 Å². The van der Waals surface area contributed by atoms with E-state index in [1.807, 2.05) is 50.2 Å². The van der Waals surface area contributed by atoms with Crippen molar-refractivity contribution in [3.63, 3.8) is 0 Å². The van der Waals surface area contributed by atoms with Crippen molar-refractivity contribution in [1.29, 1.82) is 0 Å². The lowest BCUT2D eigenvalue weighted by atomic mass is 9.91. The second-order valence-corrected chi connectivity index (χ2v) is 10.6. The summed E-state index contributed by atoms with van der Waals surface area (Å²) in [6, 6.07) is 28.8. The zero-order chi connectivity index (χ0) is 28.2. The van der Waals surface area contributed by atoms with Gasteiger partial charge in [0.1, 0.15) is 22.8 Å². The van der Waals surface area contributed by atoms with Crippen molar-refractivity contribution in [3.05, 3.63) is 102 Å². The predicted molar refractivity (Wildman–Crippen MR) is 158 cm³/mol. The van der Waals surface area contributed by atoms with Crippen LogP contribution in [0.25, 0.3) is 33.7 Å². The Kier molecular flexibility index (Phi) is 7.42. The molecule has 0 saturated heterocycles. The van der Waals surface area contributed by atoms with Gasteiger partial charge in [-0.1, -0.05) is 89.2 Å². The van der Waals surface area contributed by atoms with Gasteiger partial charge in [-0.15, -0.1) is 0 Å². The lowest BCUT2D eigenvalue weighted by Crippen LogP contribution is -2.15. The van der Waals surface area contributed by atoms with Gasteiger partial charge in [0.25, 0.3) is 0 Å². The van der Waals surface area contributed by atoms with Crippen LogP contribution < -0.4 is 5.32 Å². The van der Waals surface area contributed by atoms with Crippen molar-refractivity contribution in [2.24, 2.45) is 0 Å². The van der Waals surface area contributed by atoms with E-state index in [-0.39, 0.29) is 11.4 Å². The van der Waals surface area contributed by atoms with Crippen molar-refractivity contribution in [2.45, 2.75) is 44.9 Å². The smallest absolute Gasteiger partial charge is 0.306 e. The quantitative estimate of drug-likeness (QED) is 0.170. The normalized spacial score (nSPS) is 13.6. The molecule has 3 aromatic carbocycles. The first kappa shape index (κ1) is 26.6. The average Bonchev–Trinajstić information content (AvgIpc) is 3.46. The number of hydrogen-bond acceptors (Lipinski definition) is 7. The second kappa shape index (κ2) is 11.5. The molecule has 7 heteroatoms. The van der Waals surface area contributed by atoms with Gasteiger partial charge < -0.3 is 19.1 Å². The minimum Gasteiger partial charge on any atom is -0.466 e. The summed E-state index contributed by atoms with van der Waals surface area (Å²) in [6.45, 7) is 4.86. The third-order valence-electron chi connectivity index (χ3n) is 7.78. The Labute approximate surface area is 239 Å². The van der Waals surface area contributed by atoms with Crippen LogP contribution in [0.5, 0.6) is 0 Å². The number of benzene rings is 3.